The maximum absolute atomic E-state index is 6.21. The summed E-state index contributed by atoms with van der Waals surface area (Å²) in [6.07, 6.45) is 0. The summed E-state index contributed by atoms with van der Waals surface area (Å²) in [4.78, 5) is 0. The number of thiophene rings is 1. The Morgan fingerprint density at radius 2 is 1.43 bits per heavy atom. The smallest absolute Gasteiger partial charge is 0.150 e. The monoisotopic (exact) mass is 407 g/mol. The van der Waals surface area contributed by atoms with Crippen molar-refractivity contribution in [3.63, 3.8) is 0 Å². The van der Waals surface area contributed by atoms with Crippen molar-refractivity contribution < 1.29 is 0 Å². The van der Waals surface area contributed by atoms with E-state index in [4.69, 9.17) is 5.73 Å². The minimum atomic E-state index is 0.484. The van der Waals surface area contributed by atoms with Gasteiger partial charge in [-0.05, 0) is 22.8 Å². The Kier molecular flexibility index (Phi) is 4.91. The fourth-order valence-corrected chi connectivity index (χ4v) is 4.90. The van der Waals surface area contributed by atoms with E-state index in [1.54, 1.807) is 0 Å². The van der Waals surface area contributed by atoms with Crippen LogP contribution >= 0.6 is 11.3 Å². The molecule has 0 aliphatic rings. The summed E-state index contributed by atoms with van der Waals surface area (Å²) in [5.41, 5.74) is 13.8. The van der Waals surface area contributed by atoms with Gasteiger partial charge in [0.15, 0.2) is 5.84 Å². The number of hydrogen-bond acceptors (Lipinski definition) is 3. The lowest BCUT2D eigenvalue weighted by Crippen LogP contribution is -2.18. The van der Waals surface area contributed by atoms with Crippen molar-refractivity contribution in [3.05, 3.63) is 108 Å². The first kappa shape index (κ1) is 18.4. The molecular formula is C26H21N3S. The third kappa shape index (κ3) is 3.53. The van der Waals surface area contributed by atoms with Crippen molar-refractivity contribution in [2.45, 2.75) is 6.54 Å². The molecule has 0 spiro atoms. The molecule has 0 atom stereocenters. The van der Waals surface area contributed by atoms with Gasteiger partial charge in [-0.15, -0.1) is 11.3 Å². The fourth-order valence-electron chi connectivity index (χ4n) is 3.68. The molecule has 0 unspecified atom stereocenters. The topological polar surface area (TPSA) is 50.4 Å². The number of hydrazone groups is 1. The highest BCUT2D eigenvalue weighted by Gasteiger charge is 2.08. The number of nitrogens with one attached hydrogen (secondary N) is 1. The maximum Gasteiger partial charge on any atom is 0.150 e. The van der Waals surface area contributed by atoms with Crippen LogP contribution in [-0.2, 0) is 6.54 Å². The number of benzene rings is 4. The minimum absolute atomic E-state index is 0.484. The van der Waals surface area contributed by atoms with Crippen LogP contribution in [-0.4, -0.2) is 5.84 Å². The quantitative estimate of drug-likeness (QED) is 0.209. The Balaban J connectivity index is 1.33. The van der Waals surface area contributed by atoms with Crippen LogP contribution in [0.1, 0.15) is 11.1 Å². The summed E-state index contributed by atoms with van der Waals surface area (Å²) in [6, 6.07) is 33.4. The molecule has 4 heteroatoms. The Bertz CT molecular complexity index is 1340. The summed E-state index contributed by atoms with van der Waals surface area (Å²) < 4.78 is 2.61. The highest BCUT2D eigenvalue weighted by molar-refractivity contribution is 7.26. The van der Waals surface area contributed by atoms with Gasteiger partial charge in [-0.25, -0.2) is 0 Å². The van der Waals surface area contributed by atoms with Crippen molar-refractivity contribution in [2.24, 2.45) is 10.8 Å². The summed E-state index contributed by atoms with van der Waals surface area (Å²) in [5.74, 6) is 0.484. The maximum atomic E-state index is 6.21. The normalized spacial score (nSPS) is 11.8. The summed E-state index contributed by atoms with van der Waals surface area (Å²) in [5, 5.41) is 7.00. The van der Waals surface area contributed by atoms with Gasteiger partial charge in [0.05, 0.1) is 6.54 Å². The predicted octanol–water partition coefficient (Wildman–Crippen LogP) is 6.13. The van der Waals surface area contributed by atoms with Gasteiger partial charge >= 0.3 is 0 Å². The van der Waals surface area contributed by atoms with Crippen LogP contribution in [0.15, 0.2) is 102 Å². The van der Waals surface area contributed by atoms with E-state index in [1.807, 2.05) is 41.7 Å². The molecule has 4 aromatic carbocycles. The van der Waals surface area contributed by atoms with E-state index in [-0.39, 0.29) is 0 Å². The molecule has 0 saturated carbocycles. The summed E-state index contributed by atoms with van der Waals surface area (Å²) in [7, 11) is 0. The zero-order valence-corrected chi connectivity index (χ0v) is 17.2. The predicted molar refractivity (Wildman–Crippen MR) is 129 cm³/mol. The third-order valence-corrected chi connectivity index (χ3v) is 6.50. The molecule has 5 aromatic rings. The molecular weight excluding hydrogens is 386 g/mol. The van der Waals surface area contributed by atoms with Gasteiger partial charge in [0, 0.05) is 25.7 Å². The lowest BCUT2D eigenvalue weighted by atomic mass is 10.0. The van der Waals surface area contributed by atoms with Crippen LogP contribution in [0, 0.1) is 0 Å². The second kappa shape index (κ2) is 8.01. The number of amidine groups is 1. The molecule has 1 heterocycles. The second-order valence-corrected chi connectivity index (χ2v) is 8.22. The zero-order valence-electron chi connectivity index (χ0n) is 16.4. The lowest BCUT2D eigenvalue weighted by Gasteiger charge is -2.06. The van der Waals surface area contributed by atoms with Gasteiger partial charge in [0.1, 0.15) is 0 Å². The first-order valence-corrected chi connectivity index (χ1v) is 10.7. The summed E-state index contributed by atoms with van der Waals surface area (Å²) in [6.45, 7) is 0.632. The molecule has 0 radical (unpaired) electrons. The van der Waals surface area contributed by atoms with E-state index in [1.165, 1.54) is 31.3 Å². The molecule has 0 bridgehead atoms. The molecule has 0 aliphatic heterocycles. The van der Waals surface area contributed by atoms with Crippen molar-refractivity contribution >= 4 is 37.3 Å². The minimum Gasteiger partial charge on any atom is -0.382 e. The van der Waals surface area contributed by atoms with Gasteiger partial charge in [-0.2, -0.15) is 5.10 Å². The van der Waals surface area contributed by atoms with E-state index in [0.29, 0.717) is 12.4 Å². The van der Waals surface area contributed by atoms with Gasteiger partial charge in [0.25, 0.3) is 0 Å². The number of nitrogens with zero attached hydrogens (tertiary/aromatic N) is 1. The number of hydrogen-bond donors (Lipinski definition) is 2. The van der Waals surface area contributed by atoms with Gasteiger partial charge in [-0.3, -0.25) is 0 Å². The van der Waals surface area contributed by atoms with Crippen molar-refractivity contribution in [3.8, 4) is 11.1 Å². The first-order chi connectivity index (χ1) is 14.8. The molecule has 0 fully saturated rings. The zero-order chi connectivity index (χ0) is 20.3. The molecule has 3 nitrogen and oxygen atoms in total. The van der Waals surface area contributed by atoms with Crippen molar-refractivity contribution in [1.29, 1.82) is 0 Å². The van der Waals surface area contributed by atoms with Crippen LogP contribution in [0.2, 0.25) is 0 Å². The second-order valence-electron chi connectivity index (χ2n) is 7.17. The molecule has 146 valence electrons. The van der Waals surface area contributed by atoms with E-state index >= 15 is 0 Å². The van der Waals surface area contributed by atoms with Crippen molar-refractivity contribution in [1.82, 2.24) is 5.43 Å². The van der Waals surface area contributed by atoms with Crippen LogP contribution in [0.3, 0.4) is 0 Å². The van der Waals surface area contributed by atoms with E-state index in [2.05, 4.69) is 77.3 Å². The van der Waals surface area contributed by atoms with Gasteiger partial charge < -0.3 is 11.2 Å². The van der Waals surface area contributed by atoms with Gasteiger partial charge in [-0.1, -0.05) is 91.0 Å². The van der Waals surface area contributed by atoms with E-state index in [9.17, 15) is 0 Å². The highest BCUT2D eigenvalue weighted by atomic mass is 32.1. The Morgan fingerprint density at radius 3 is 2.27 bits per heavy atom. The van der Waals surface area contributed by atoms with Gasteiger partial charge in [0.2, 0.25) is 0 Å². The van der Waals surface area contributed by atoms with Crippen LogP contribution in [0.25, 0.3) is 31.3 Å². The highest BCUT2D eigenvalue weighted by Crippen LogP contribution is 2.35. The van der Waals surface area contributed by atoms with E-state index in [0.717, 1.165) is 11.1 Å². The van der Waals surface area contributed by atoms with E-state index < -0.39 is 0 Å². The van der Waals surface area contributed by atoms with Crippen molar-refractivity contribution in [2.75, 3.05) is 0 Å². The number of nitrogens with two attached hydrogens (primary N) is 1. The largest absolute Gasteiger partial charge is 0.382 e. The average molecular weight is 408 g/mol. The molecule has 0 saturated heterocycles. The molecule has 3 N–H and O–H groups in total. The number of rotatable bonds is 5. The SMILES string of the molecule is N/C(=N\NCc1cccc2c1sc1ccccc12)c1ccc(-c2ccccc2)cc1. The fraction of sp³-hybridized carbons (Fsp3) is 0.0385. The number of fused-ring (bicyclic) bond motifs is 3. The molecule has 0 amide bonds. The lowest BCUT2D eigenvalue weighted by molar-refractivity contribution is 0.748. The Labute approximate surface area is 179 Å². The molecule has 5 rings (SSSR count). The average Bonchev–Trinajstić information content (AvgIpc) is 3.19. The molecule has 30 heavy (non-hydrogen) atoms. The van der Waals surface area contributed by atoms with Crippen LogP contribution < -0.4 is 11.2 Å². The third-order valence-electron chi connectivity index (χ3n) is 5.24. The first-order valence-electron chi connectivity index (χ1n) is 9.90. The van der Waals surface area contributed by atoms with Crippen LogP contribution in [0.4, 0.5) is 0 Å². The molecule has 0 aliphatic carbocycles. The summed E-state index contributed by atoms with van der Waals surface area (Å²) >= 11 is 1.82. The Morgan fingerprint density at radius 1 is 0.733 bits per heavy atom. The Hall–Kier alpha value is -3.63. The molecule has 1 aromatic heterocycles. The standard InChI is InChI=1S/C26H21N3S/c27-26(20-15-13-19(14-16-20)18-7-2-1-3-8-18)29-28-17-21-9-6-11-23-22-10-4-5-12-24(22)30-25(21)23/h1-16,28H,17H2,(H2,27,29). The van der Waals surface area contributed by atoms with Crippen LogP contribution in [0.5, 0.6) is 0 Å².